The molecule has 0 saturated carbocycles. The van der Waals surface area contributed by atoms with Crippen LogP contribution in [0.4, 0.5) is 0 Å². The smallest absolute Gasteiger partial charge is 0.339 e. The highest BCUT2D eigenvalue weighted by Crippen LogP contribution is 2.30. The van der Waals surface area contributed by atoms with Crippen LogP contribution in [-0.2, 0) is 0 Å². The van der Waals surface area contributed by atoms with Crippen LogP contribution in [0.3, 0.4) is 0 Å². The summed E-state index contributed by atoms with van der Waals surface area (Å²) in [6.07, 6.45) is 0. The topological polar surface area (TPSA) is 55.8 Å². The van der Waals surface area contributed by atoms with Crippen molar-refractivity contribution in [2.24, 2.45) is 0 Å². The number of halogens is 1. The van der Waals surface area contributed by atoms with Gasteiger partial charge in [0.2, 0.25) is 0 Å². The van der Waals surface area contributed by atoms with Crippen molar-refractivity contribution in [1.29, 1.82) is 0 Å². The molecule has 5 heteroatoms. The number of aryl methyl sites for hydroxylation is 2. The van der Waals surface area contributed by atoms with Crippen LogP contribution in [0.1, 0.15) is 21.5 Å². The normalized spacial score (nSPS) is 10.3. The Morgan fingerprint density at radius 2 is 1.82 bits per heavy atom. The van der Waals surface area contributed by atoms with E-state index in [1.807, 2.05) is 26.0 Å². The Hall–Kier alpha value is -2.01. The molecule has 0 aliphatic carbocycles. The Bertz CT molecular complexity index is 659. The number of hydrogen-bond donors (Lipinski definition) is 1. The molecular formula is C17H17BrO4. The van der Waals surface area contributed by atoms with Gasteiger partial charge in [0.15, 0.2) is 0 Å². The molecule has 0 atom stereocenters. The summed E-state index contributed by atoms with van der Waals surface area (Å²) in [6.45, 7) is 4.60. The quantitative estimate of drug-likeness (QED) is 0.779. The number of hydrogen-bond acceptors (Lipinski definition) is 3. The highest BCUT2D eigenvalue weighted by molar-refractivity contribution is 9.10. The van der Waals surface area contributed by atoms with E-state index in [1.165, 1.54) is 6.07 Å². The van der Waals surface area contributed by atoms with Gasteiger partial charge in [-0.25, -0.2) is 4.79 Å². The van der Waals surface area contributed by atoms with E-state index in [1.54, 1.807) is 18.2 Å². The summed E-state index contributed by atoms with van der Waals surface area (Å²) in [7, 11) is 0. The van der Waals surface area contributed by atoms with Crippen LogP contribution in [0.2, 0.25) is 0 Å². The van der Waals surface area contributed by atoms with E-state index in [4.69, 9.17) is 14.6 Å². The second-order valence-electron chi connectivity index (χ2n) is 4.89. The van der Waals surface area contributed by atoms with Gasteiger partial charge in [-0.15, -0.1) is 0 Å². The molecule has 4 nitrogen and oxygen atoms in total. The average Bonchev–Trinajstić information content (AvgIpc) is 2.45. The zero-order valence-corrected chi connectivity index (χ0v) is 14.0. The molecule has 0 bridgehead atoms. The van der Waals surface area contributed by atoms with Crippen molar-refractivity contribution in [3.8, 4) is 11.5 Å². The maximum Gasteiger partial charge on any atom is 0.339 e. The molecule has 0 aliphatic heterocycles. The molecule has 0 amide bonds. The van der Waals surface area contributed by atoms with E-state index >= 15 is 0 Å². The number of carbonyl (C=O) groups is 1. The largest absolute Gasteiger partial charge is 0.489 e. The summed E-state index contributed by atoms with van der Waals surface area (Å²) in [4.78, 5) is 11.1. The molecule has 22 heavy (non-hydrogen) atoms. The summed E-state index contributed by atoms with van der Waals surface area (Å²) in [6, 6.07) is 10.6. The number of ether oxygens (including phenoxy) is 2. The molecule has 0 fully saturated rings. The van der Waals surface area contributed by atoms with Crippen molar-refractivity contribution >= 4 is 21.9 Å². The molecule has 0 saturated heterocycles. The Balaban J connectivity index is 1.95. The molecule has 1 N–H and O–H groups in total. The molecule has 0 unspecified atom stereocenters. The Labute approximate surface area is 137 Å². The van der Waals surface area contributed by atoms with Gasteiger partial charge in [0, 0.05) is 0 Å². The van der Waals surface area contributed by atoms with Crippen molar-refractivity contribution < 1.29 is 19.4 Å². The molecule has 2 aromatic carbocycles. The van der Waals surface area contributed by atoms with E-state index in [9.17, 15) is 4.79 Å². The Kier molecular flexibility index (Phi) is 5.44. The van der Waals surface area contributed by atoms with E-state index < -0.39 is 5.97 Å². The van der Waals surface area contributed by atoms with E-state index in [0.29, 0.717) is 12.4 Å². The number of rotatable bonds is 6. The van der Waals surface area contributed by atoms with Crippen LogP contribution >= 0.6 is 15.9 Å². The number of para-hydroxylation sites is 1. The number of benzene rings is 2. The number of aromatic carboxylic acids is 1. The van der Waals surface area contributed by atoms with Crippen LogP contribution < -0.4 is 9.47 Å². The van der Waals surface area contributed by atoms with Gasteiger partial charge >= 0.3 is 5.97 Å². The summed E-state index contributed by atoms with van der Waals surface area (Å²) >= 11 is 3.48. The molecule has 2 rings (SSSR count). The number of carboxylic acids is 1. The van der Waals surface area contributed by atoms with Crippen molar-refractivity contribution in [3.05, 3.63) is 57.6 Å². The Morgan fingerprint density at radius 3 is 2.50 bits per heavy atom. The fourth-order valence-electron chi connectivity index (χ4n) is 2.15. The second-order valence-corrected chi connectivity index (χ2v) is 5.75. The first-order valence-corrected chi connectivity index (χ1v) is 7.63. The molecule has 0 aromatic heterocycles. The van der Waals surface area contributed by atoms with Gasteiger partial charge < -0.3 is 14.6 Å². The molecule has 0 aliphatic rings. The van der Waals surface area contributed by atoms with Crippen LogP contribution in [0, 0.1) is 13.8 Å². The van der Waals surface area contributed by atoms with Gasteiger partial charge in [-0.1, -0.05) is 18.2 Å². The van der Waals surface area contributed by atoms with Crippen molar-refractivity contribution in [1.82, 2.24) is 0 Å². The third kappa shape index (κ3) is 4.01. The number of carboxylic acid groups (broad SMARTS) is 1. The second kappa shape index (κ2) is 7.31. The molecule has 0 radical (unpaired) electrons. The van der Waals surface area contributed by atoms with Crippen molar-refractivity contribution in [2.45, 2.75) is 13.8 Å². The van der Waals surface area contributed by atoms with Crippen molar-refractivity contribution in [3.63, 3.8) is 0 Å². The maximum atomic E-state index is 11.1. The summed E-state index contributed by atoms with van der Waals surface area (Å²) in [5.74, 6) is 0.118. The average molecular weight is 365 g/mol. The molecule has 0 spiro atoms. The van der Waals surface area contributed by atoms with Crippen LogP contribution in [0.25, 0.3) is 0 Å². The molecule has 2 aromatic rings. The Morgan fingerprint density at radius 1 is 1.14 bits per heavy atom. The standard InChI is InChI=1S/C17H17BrO4/c1-11-9-12(2)16(14(18)10-11)22-8-7-21-15-6-4-3-5-13(15)17(19)20/h3-6,9-10H,7-8H2,1-2H3,(H,19,20). The van der Waals surface area contributed by atoms with Crippen LogP contribution in [0.15, 0.2) is 40.9 Å². The van der Waals surface area contributed by atoms with Crippen molar-refractivity contribution in [2.75, 3.05) is 13.2 Å². The molecular weight excluding hydrogens is 348 g/mol. The highest BCUT2D eigenvalue weighted by atomic mass is 79.9. The minimum absolute atomic E-state index is 0.148. The van der Waals surface area contributed by atoms with Crippen LogP contribution in [0.5, 0.6) is 11.5 Å². The predicted molar refractivity (Wildman–Crippen MR) is 88.0 cm³/mol. The first kappa shape index (κ1) is 16.4. The fourth-order valence-corrected chi connectivity index (χ4v) is 2.94. The lowest BCUT2D eigenvalue weighted by Gasteiger charge is -2.13. The van der Waals surface area contributed by atoms with Gasteiger partial charge in [-0.2, -0.15) is 0 Å². The molecule has 0 heterocycles. The van der Waals surface area contributed by atoms with Gasteiger partial charge in [-0.3, -0.25) is 0 Å². The SMILES string of the molecule is Cc1cc(C)c(OCCOc2ccccc2C(=O)O)c(Br)c1. The third-order valence-electron chi connectivity index (χ3n) is 3.08. The third-order valence-corrected chi connectivity index (χ3v) is 3.67. The first-order chi connectivity index (χ1) is 10.5. The summed E-state index contributed by atoms with van der Waals surface area (Å²) < 4.78 is 12.1. The van der Waals surface area contributed by atoms with E-state index in [-0.39, 0.29) is 12.2 Å². The highest BCUT2D eigenvalue weighted by Gasteiger charge is 2.10. The van der Waals surface area contributed by atoms with Gasteiger partial charge in [0.05, 0.1) is 4.47 Å². The zero-order valence-electron chi connectivity index (χ0n) is 12.4. The monoisotopic (exact) mass is 364 g/mol. The lowest BCUT2D eigenvalue weighted by molar-refractivity contribution is 0.0691. The summed E-state index contributed by atoms with van der Waals surface area (Å²) in [5.41, 5.74) is 2.34. The lowest BCUT2D eigenvalue weighted by Crippen LogP contribution is -2.12. The van der Waals surface area contributed by atoms with Gasteiger partial charge in [-0.05, 0) is 59.1 Å². The lowest BCUT2D eigenvalue weighted by atomic mass is 10.1. The van der Waals surface area contributed by atoms with E-state index in [2.05, 4.69) is 15.9 Å². The fraction of sp³-hybridized carbons (Fsp3) is 0.235. The first-order valence-electron chi connectivity index (χ1n) is 6.83. The minimum atomic E-state index is -1.01. The maximum absolute atomic E-state index is 11.1. The zero-order chi connectivity index (χ0) is 16.1. The molecule has 116 valence electrons. The summed E-state index contributed by atoms with van der Waals surface area (Å²) in [5, 5.41) is 9.08. The van der Waals surface area contributed by atoms with Gasteiger partial charge in [0.25, 0.3) is 0 Å². The van der Waals surface area contributed by atoms with E-state index in [0.717, 1.165) is 21.3 Å². The minimum Gasteiger partial charge on any atom is -0.489 e. The van der Waals surface area contributed by atoms with Gasteiger partial charge in [0.1, 0.15) is 30.3 Å². The van der Waals surface area contributed by atoms with Crippen LogP contribution in [-0.4, -0.2) is 24.3 Å². The predicted octanol–water partition coefficient (Wildman–Crippen LogP) is 4.22.